The van der Waals surface area contributed by atoms with Crippen LogP contribution in [-0.4, -0.2) is 11.1 Å². The molecule has 2 heteroatoms. The predicted octanol–water partition coefficient (Wildman–Crippen LogP) is 3.65. The molecule has 0 aromatic rings. The van der Waals surface area contributed by atoms with Gasteiger partial charge in [0.1, 0.15) is 0 Å². The summed E-state index contributed by atoms with van der Waals surface area (Å²) in [4.78, 5) is 11.1. The van der Waals surface area contributed by atoms with E-state index in [1.807, 2.05) is 0 Å². The van der Waals surface area contributed by atoms with E-state index in [9.17, 15) is 4.79 Å². The number of carboxylic acids is 1. The molecule has 0 bridgehead atoms. The molecule has 2 nitrogen and oxygen atoms in total. The average molecular weight is 234 g/mol. The molecule has 94 valence electrons. The second-order valence-electron chi connectivity index (χ2n) is 6.10. The average Bonchev–Trinajstić information content (AvgIpc) is 2.59. The van der Waals surface area contributed by atoms with Crippen molar-refractivity contribution in [3.05, 3.63) is 24.3 Å². The van der Waals surface area contributed by atoms with Gasteiger partial charge in [0.05, 0.1) is 0 Å². The lowest BCUT2D eigenvalue weighted by Gasteiger charge is -2.34. The first-order valence-electron chi connectivity index (χ1n) is 6.53. The van der Waals surface area contributed by atoms with Crippen molar-refractivity contribution in [2.75, 3.05) is 0 Å². The minimum Gasteiger partial charge on any atom is -0.478 e. The first-order valence-corrected chi connectivity index (χ1v) is 6.53. The lowest BCUT2D eigenvalue weighted by Crippen LogP contribution is -2.27. The fourth-order valence-electron chi connectivity index (χ4n) is 3.73. The SMILES string of the molecule is C=C(C(=O)O)[C@@H]1CC[C@H](C)[C@@H]2C=CC[C@@]2(C)C1. The third-order valence-electron chi connectivity index (χ3n) is 4.80. The monoisotopic (exact) mass is 234 g/mol. The Balaban J connectivity index is 2.20. The van der Waals surface area contributed by atoms with Crippen molar-refractivity contribution in [1.29, 1.82) is 0 Å². The van der Waals surface area contributed by atoms with Gasteiger partial charge in [-0.25, -0.2) is 4.79 Å². The highest BCUT2D eigenvalue weighted by atomic mass is 16.4. The lowest BCUT2D eigenvalue weighted by molar-refractivity contribution is -0.133. The summed E-state index contributed by atoms with van der Waals surface area (Å²) >= 11 is 0. The Morgan fingerprint density at radius 1 is 1.47 bits per heavy atom. The Labute approximate surface area is 103 Å². The number of aliphatic carboxylic acids is 1. The summed E-state index contributed by atoms with van der Waals surface area (Å²) < 4.78 is 0. The zero-order valence-electron chi connectivity index (χ0n) is 10.8. The van der Waals surface area contributed by atoms with Gasteiger partial charge < -0.3 is 5.11 Å². The molecule has 0 aromatic carbocycles. The molecule has 2 rings (SSSR count). The highest BCUT2D eigenvalue weighted by Crippen LogP contribution is 2.52. The van der Waals surface area contributed by atoms with Crippen LogP contribution in [0.5, 0.6) is 0 Å². The molecule has 0 heterocycles. The van der Waals surface area contributed by atoms with Gasteiger partial charge in [-0.05, 0) is 48.9 Å². The van der Waals surface area contributed by atoms with Crippen LogP contribution in [0.3, 0.4) is 0 Å². The Hall–Kier alpha value is -1.05. The molecule has 0 radical (unpaired) electrons. The molecular formula is C15H22O2. The zero-order chi connectivity index (χ0) is 12.6. The zero-order valence-corrected chi connectivity index (χ0v) is 10.8. The molecule has 0 unspecified atom stereocenters. The van der Waals surface area contributed by atoms with Crippen LogP contribution < -0.4 is 0 Å². The van der Waals surface area contributed by atoms with E-state index >= 15 is 0 Å². The summed E-state index contributed by atoms with van der Waals surface area (Å²) in [5.41, 5.74) is 0.657. The van der Waals surface area contributed by atoms with Crippen LogP contribution in [0.25, 0.3) is 0 Å². The van der Waals surface area contributed by atoms with E-state index in [1.165, 1.54) is 0 Å². The Bertz CT molecular complexity index is 369. The normalized spacial score (nSPS) is 40.7. The van der Waals surface area contributed by atoms with Crippen molar-refractivity contribution < 1.29 is 9.90 Å². The summed E-state index contributed by atoms with van der Waals surface area (Å²) in [5, 5.41) is 9.10. The van der Waals surface area contributed by atoms with Crippen LogP contribution in [0.4, 0.5) is 0 Å². The number of rotatable bonds is 2. The molecule has 0 saturated heterocycles. The van der Waals surface area contributed by atoms with Gasteiger partial charge in [0.25, 0.3) is 0 Å². The molecule has 1 fully saturated rings. The van der Waals surface area contributed by atoms with Crippen molar-refractivity contribution in [1.82, 2.24) is 0 Å². The topological polar surface area (TPSA) is 37.3 Å². The summed E-state index contributed by atoms with van der Waals surface area (Å²) in [6.07, 6.45) is 8.77. The van der Waals surface area contributed by atoms with E-state index < -0.39 is 5.97 Å². The second kappa shape index (κ2) is 4.32. The van der Waals surface area contributed by atoms with Gasteiger partial charge in [-0.15, -0.1) is 0 Å². The second-order valence-corrected chi connectivity index (χ2v) is 6.10. The smallest absolute Gasteiger partial charge is 0.331 e. The summed E-state index contributed by atoms with van der Waals surface area (Å²) in [6.45, 7) is 8.37. The van der Waals surface area contributed by atoms with Crippen molar-refractivity contribution >= 4 is 5.97 Å². The number of allylic oxidation sites excluding steroid dienone is 2. The van der Waals surface area contributed by atoms with E-state index in [2.05, 4.69) is 32.6 Å². The molecule has 0 spiro atoms. The molecule has 4 atom stereocenters. The first-order chi connectivity index (χ1) is 7.94. The maximum absolute atomic E-state index is 11.1. The molecule has 2 aliphatic rings. The quantitative estimate of drug-likeness (QED) is 0.585. The van der Waals surface area contributed by atoms with Crippen LogP contribution in [0.1, 0.15) is 39.5 Å². The molecule has 1 saturated carbocycles. The van der Waals surface area contributed by atoms with Crippen LogP contribution >= 0.6 is 0 Å². The molecule has 1 N–H and O–H groups in total. The van der Waals surface area contributed by atoms with Gasteiger partial charge in [0.2, 0.25) is 0 Å². The Morgan fingerprint density at radius 2 is 2.18 bits per heavy atom. The summed E-state index contributed by atoms with van der Waals surface area (Å²) in [7, 11) is 0. The number of carboxylic acid groups (broad SMARTS) is 1. The third-order valence-corrected chi connectivity index (χ3v) is 4.80. The van der Waals surface area contributed by atoms with E-state index in [-0.39, 0.29) is 11.3 Å². The van der Waals surface area contributed by atoms with E-state index in [0.717, 1.165) is 25.7 Å². The number of fused-ring (bicyclic) bond motifs is 1. The molecule has 17 heavy (non-hydrogen) atoms. The molecular weight excluding hydrogens is 212 g/mol. The van der Waals surface area contributed by atoms with Crippen LogP contribution in [-0.2, 0) is 4.79 Å². The summed E-state index contributed by atoms with van der Waals surface area (Å²) in [6, 6.07) is 0. The van der Waals surface area contributed by atoms with Gasteiger partial charge in [0.15, 0.2) is 0 Å². The van der Waals surface area contributed by atoms with Gasteiger partial charge >= 0.3 is 5.97 Å². The molecule has 0 aliphatic heterocycles. The maximum Gasteiger partial charge on any atom is 0.331 e. The number of hydrogen-bond donors (Lipinski definition) is 1. The van der Waals surface area contributed by atoms with Gasteiger partial charge in [0, 0.05) is 5.57 Å². The Morgan fingerprint density at radius 3 is 2.82 bits per heavy atom. The summed E-state index contributed by atoms with van der Waals surface area (Å²) in [5.74, 6) is 0.611. The largest absolute Gasteiger partial charge is 0.478 e. The van der Waals surface area contributed by atoms with Crippen molar-refractivity contribution in [3.63, 3.8) is 0 Å². The van der Waals surface area contributed by atoms with E-state index in [0.29, 0.717) is 17.4 Å². The van der Waals surface area contributed by atoms with Crippen LogP contribution in [0.2, 0.25) is 0 Å². The van der Waals surface area contributed by atoms with Gasteiger partial charge in [-0.3, -0.25) is 0 Å². The van der Waals surface area contributed by atoms with E-state index in [4.69, 9.17) is 5.11 Å². The fraction of sp³-hybridized carbons (Fsp3) is 0.667. The highest BCUT2D eigenvalue weighted by molar-refractivity contribution is 5.86. The van der Waals surface area contributed by atoms with Crippen molar-refractivity contribution in [2.45, 2.75) is 39.5 Å². The van der Waals surface area contributed by atoms with Crippen molar-refractivity contribution in [3.8, 4) is 0 Å². The van der Waals surface area contributed by atoms with Gasteiger partial charge in [-0.1, -0.05) is 32.6 Å². The van der Waals surface area contributed by atoms with E-state index in [1.54, 1.807) is 0 Å². The third kappa shape index (κ3) is 2.18. The fourth-order valence-corrected chi connectivity index (χ4v) is 3.73. The number of hydrogen-bond acceptors (Lipinski definition) is 1. The van der Waals surface area contributed by atoms with Crippen LogP contribution in [0, 0.1) is 23.2 Å². The van der Waals surface area contributed by atoms with Crippen molar-refractivity contribution in [2.24, 2.45) is 23.2 Å². The molecule has 0 amide bonds. The minimum atomic E-state index is -0.823. The lowest BCUT2D eigenvalue weighted by atomic mass is 9.70. The number of carbonyl (C=O) groups is 1. The highest BCUT2D eigenvalue weighted by Gasteiger charge is 2.43. The molecule has 0 aromatic heterocycles. The standard InChI is InChI=1S/C15H22O2/c1-10-6-7-12(11(2)14(16)17)9-15(3)8-4-5-13(10)15/h4-5,10,12-13H,2,6-9H2,1,3H3,(H,16,17)/t10-,12+,13-,15-/m0/s1. The molecule has 2 aliphatic carbocycles. The first kappa shape index (κ1) is 12.4. The van der Waals surface area contributed by atoms with Gasteiger partial charge in [-0.2, -0.15) is 0 Å². The minimum absolute atomic E-state index is 0.157. The van der Waals surface area contributed by atoms with Crippen LogP contribution in [0.15, 0.2) is 24.3 Å². The maximum atomic E-state index is 11.1. The predicted molar refractivity (Wildman–Crippen MR) is 68.6 cm³/mol. The Kier molecular flexibility index (Phi) is 3.15.